The molecule has 1 aliphatic rings. The topological polar surface area (TPSA) is 46.6 Å². The van der Waals surface area contributed by atoms with E-state index in [0.29, 0.717) is 17.0 Å². The molecular formula is C15H13F6NO3. The van der Waals surface area contributed by atoms with Crippen molar-refractivity contribution < 1.29 is 40.7 Å². The second kappa shape index (κ2) is 6.57. The zero-order chi connectivity index (χ0) is 19.0. The number of hydrogen-bond donors (Lipinski definition) is 0. The number of benzene rings is 1. The van der Waals surface area contributed by atoms with Crippen LogP contribution in [0.15, 0.2) is 18.2 Å². The molecule has 1 heterocycles. The van der Waals surface area contributed by atoms with E-state index in [1.54, 1.807) is 0 Å². The van der Waals surface area contributed by atoms with E-state index in [1.807, 2.05) is 0 Å². The predicted octanol–water partition coefficient (Wildman–Crippen LogP) is 3.72. The molecule has 0 radical (unpaired) electrons. The van der Waals surface area contributed by atoms with Crippen molar-refractivity contribution in [2.75, 3.05) is 13.2 Å². The van der Waals surface area contributed by atoms with Gasteiger partial charge >= 0.3 is 18.3 Å². The van der Waals surface area contributed by atoms with Crippen LogP contribution in [0, 0.1) is 0 Å². The van der Waals surface area contributed by atoms with Crippen LogP contribution < -0.4 is 0 Å². The predicted molar refractivity (Wildman–Crippen MR) is 72.5 cm³/mol. The lowest BCUT2D eigenvalue weighted by Gasteiger charge is -2.26. The Morgan fingerprint density at radius 1 is 1.20 bits per heavy atom. The van der Waals surface area contributed by atoms with Crippen LogP contribution in [-0.4, -0.2) is 36.1 Å². The van der Waals surface area contributed by atoms with Gasteiger partial charge in [0.25, 0.3) is 5.91 Å². The number of alkyl halides is 6. The number of hydrogen-bond acceptors (Lipinski definition) is 3. The fraction of sp³-hybridized carbons (Fsp3) is 0.467. The normalized spacial score (nSPS) is 17.6. The summed E-state index contributed by atoms with van der Waals surface area (Å²) in [5.41, 5.74) is -1.44. The van der Waals surface area contributed by atoms with Crippen molar-refractivity contribution in [2.24, 2.45) is 0 Å². The number of fused-ring (bicyclic) bond motifs is 1. The van der Waals surface area contributed by atoms with Crippen LogP contribution in [0.5, 0.6) is 0 Å². The van der Waals surface area contributed by atoms with E-state index >= 15 is 0 Å². The Bertz CT molecular complexity index is 683. The Morgan fingerprint density at radius 3 is 2.36 bits per heavy atom. The Labute approximate surface area is 138 Å². The number of halogens is 6. The third-order valence-electron chi connectivity index (χ3n) is 3.65. The van der Waals surface area contributed by atoms with Gasteiger partial charge in [-0.05, 0) is 23.8 Å². The van der Waals surface area contributed by atoms with Gasteiger partial charge in [-0.25, -0.2) is 0 Å². The monoisotopic (exact) mass is 369 g/mol. The summed E-state index contributed by atoms with van der Waals surface area (Å²) in [6.45, 7) is -0.840. The molecule has 0 fully saturated rings. The highest BCUT2D eigenvalue weighted by Crippen LogP contribution is 2.41. The van der Waals surface area contributed by atoms with Crippen molar-refractivity contribution >= 4 is 11.9 Å². The number of ether oxygens (including phenoxy) is 1. The largest absolute Gasteiger partial charge is 0.466 e. The minimum Gasteiger partial charge on any atom is -0.466 e. The summed E-state index contributed by atoms with van der Waals surface area (Å²) in [5.74, 6) is -1.69. The standard InChI is InChI=1S/C15H13F6NO3/c1-8(23)25-5-4-12-11-6-9(15(19,20)21)2-3-10(11)13(24)22(12)7-14(16,17)18/h2-3,6,12H,4-5,7H2,1H3. The fourth-order valence-corrected chi connectivity index (χ4v) is 2.67. The van der Waals surface area contributed by atoms with E-state index in [4.69, 9.17) is 0 Å². The summed E-state index contributed by atoms with van der Waals surface area (Å²) in [6.07, 6.45) is -9.66. The molecular weight excluding hydrogens is 356 g/mol. The molecule has 1 aliphatic heterocycles. The molecule has 0 bridgehead atoms. The van der Waals surface area contributed by atoms with Crippen LogP contribution in [0.4, 0.5) is 26.3 Å². The molecule has 138 valence electrons. The van der Waals surface area contributed by atoms with E-state index in [0.717, 1.165) is 13.0 Å². The summed E-state index contributed by atoms with van der Waals surface area (Å²) in [4.78, 5) is 23.4. The highest BCUT2D eigenvalue weighted by atomic mass is 19.4. The molecule has 25 heavy (non-hydrogen) atoms. The second-order valence-corrected chi connectivity index (χ2v) is 5.49. The van der Waals surface area contributed by atoms with Crippen LogP contribution >= 0.6 is 0 Å². The van der Waals surface area contributed by atoms with Crippen molar-refractivity contribution in [3.05, 3.63) is 34.9 Å². The third-order valence-corrected chi connectivity index (χ3v) is 3.65. The maximum Gasteiger partial charge on any atom is 0.416 e. The molecule has 0 N–H and O–H groups in total. The molecule has 0 spiro atoms. The smallest absolute Gasteiger partial charge is 0.416 e. The van der Waals surface area contributed by atoms with Gasteiger partial charge in [-0.15, -0.1) is 0 Å². The summed E-state index contributed by atoms with van der Waals surface area (Å²) in [7, 11) is 0. The van der Waals surface area contributed by atoms with Gasteiger partial charge in [0.05, 0.1) is 18.2 Å². The van der Waals surface area contributed by atoms with Crippen molar-refractivity contribution in [2.45, 2.75) is 31.7 Å². The second-order valence-electron chi connectivity index (χ2n) is 5.49. The van der Waals surface area contributed by atoms with Gasteiger partial charge < -0.3 is 9.64 Å². The van der Waals surface area contributed by atoms with E-state index in [-0.39, 0.29) is 24.2 Å². The Kier molecular flexibility index (Phi) is 5.01. The Balaban J connectivity index is 2.38. The Hall–Kier alpha value is -2.26. The zero-order valence-corrected chi connectivity index (χ0v) is 12.9. The first-order chi connectivity index (χ1) is 11.4. The number of amides is 1. The first kappa shape index (κ1) is 19.1. The molecule has 1 aromatic carbocycles. The number of rotatable bonds is 4. The lowest BCUT2D eigenvalue weighted by Crippen LogP contribution is -2.37. The van der Waals surface area contributed by atoms with Gasteiger partial charge in [0.2, 0.25) is 0 Å². The molecule has 1 unspecified atom stereocenters. The molecule has 4 nitrogen and oxygen atoms in total. The van der Waals surface area contributed by atoms with E-state index in [2.05, 4.69) is 4.74 Å². The van der Waals surface area contributed by atoms with Gasteiger partial charge in [0.15, 0.2) is 0 Å². The molecule has 0 saturated heterocycles. The van der Waals surface area contributed by atoms with E-state index < -0.39 is 42.4 Å². The van der Waals surface area contributed by atoms with Crippen LogP contribution in [-0.2, 0) is 15.7 Å². The van der Waals surface area contributed by atoms with Crippen LogP contribution in [0.25, 0.3) is 0 Å². The van der Waals surface area contributed by atoms with Crippen molar-refractivity contribution in [3.8, 4) is 0 Å². The molecule has 0 saturated carbocycles. The van der Waals surface area contributed by atoms with Crippen molar-refractivity contribution in [1.29, 1.82) is 0 Å². The van der Waals surface area contributed by atoms with Gasteiger partial charge in [-0.2, -0.15) is 26.3 Å². The summed E-state index contributed by atoms with van der Waals surface area (Å²) in [5, 5.41) is 0. The molecule has 0 aliphatic carbocycles. The molecule has 2 rings (SSSR count). The number of nitrogens with zero attached hydrogens (tertiary/aromatic N) is 1. The minimum absolute atomic E-state index is 0.156. The SMILES string of the molecule is CC(=O)OCCC1c2cc(C(F)(F)F)ccc2C(=O)N1CC(F)(F)F. The maximum atomic E-state index is 12.9. The summed E-state index contributed by atoms with van der Waals surface area (Å²) >= 11 is 0. The van der Waals surface area contributed by atoms with Crippen LogP contribution in [0.3, 0.4) is 0 Å². The molecule has 1 amide bonds. The summed E-state index contributed by atoms with van der Waals surface area (Å²) < 4.78 is 81.4. The van der Waals surface area contributed by atoms with Gasteiger partial charge in [0, 0.05) is 18.9 Å². The third kappa shape index (κ3) is 4.43. The number of carbonyl (C=O) groups is 2. The maximum absolute atomic E-state index is 12.9. The molecule has 1 aromatic rings. The summed E-state index contributed by atoms with van der Waals surface area (Å²) in [6, 6.07) is 0.931. The van der Waals surface area contributed by atoms with Gasteiger partial charge in [-0.3, -0.25) is 9.59 Å². The number of carbonyl (C=O) groups excluding carboxylic acids is 2. The highest BCUT2D eigenvalue weighted by Gasteiger charge is 2.44. The average Bonchev–Trinajstić information content (AvgIpc) is 2.69. The van der Waals surface area contributed by atoms with E-state index in [9.17, 15) is 35.9 Å². The lowest BCUT2D eigenvalue weighted by molar-refractivity contribution is -0.147. The Morgan fingerprint density at radius 2 is 1.84 bits per heavy atom. The first-order valence-corrected chi connectivity index (χ1v) is 7.12. The number of esters is 1. The lowest BCUT2D eigenvalue weighted by atomic mass is 9.99. The molecule has 10 heteroatoms. The highest BCUT2D eigenvalue weighted by molar-refractivity contribution is 5.99. The van der Waals surface area contributed by atoms with Crippen LogP contribution in [0.2, 0.25) is 0 Å². The molecule has 0 aromatic heterocycles. The minimum atomic E-state index is -4.72. The van der Waals surface area contributed by atoms with Gasteiger partial charge in [-0.1, -0.05) is 0 Å². The molecule has 1 atom stereocenters. The zero-order valence-electron chi connectivity index (χ0n) is 12.9. The van der Waals surface area contributed by atoms with Crippen molar-refractivity contribution in [1.82, 2.24) is 4.90 Å². The fourth-order valence-electron chi connectivity index (χ4n) is 2.67. The quantitative estimate of drug-likeness (QED) is 0.600. The van der Waals surface area contributed by atoms with Crippen LogP contribution in [0.1, 0.15) is 40.9 Å². The first-order valence-electron chi connectivity index (χ1n) is 7.12. The van der Waals surface area contributed by atoms with Gasteiger partial charge in [0.1, 0.15) is 6.54 Å². The van der Waals surface area contributed by atoms with Crippen molar-refractivity contribution in [3.63, 3.8) is 0 Å². The van der Waals surface area contributed by atoms with E-state index in [1.165, 1.54) is 0 Å². The average molecular weight is 369 g/mol.